The second-order valence-electron chi connectivity index (χ2n) is 5.43. The van der Waals surface area contributed by atoms with Crippen molar-refractivity contribution in [3.05, 3.63) is 53.0 Å². The number of esters is 1. The third-order valence-electron chi connectivity index (χ3n) is 3.79. The van der Waals surface area contributed by atoms with Crippen LogP contribution in [0.3, 0.4) is 0 Å². The van der Waals surface area contributed by atoms with Crippen LogP contribution in [-0.2, 0) is 22.4 Å². The number of carbonyl (C=O) groups excluding carboxylic acids is 1. The summed E-state index contributed by atoms with van der Waals surface area (Å²) in [6.07, 6.45) is 10.8. The van der Waals surface area contributed by atoms with Crippen molar-refractivity contribution in [2.24, 2.45) is 0 Å². The third-order valence-corrected chi connectivity index (χ3v) is 3.79. The van der Waals surface area contributed by atoms with Gasteiger partial charge in [0, 0.05) is 19.8 Å². The van der Waals surface area contributed by atoms with E-state index in [0.29, 0.717) is 0 Å². The van der Waals surface area contributed by atoms with Crippen LogP contribution in [0, 0.1) is 20.3 Å². The predicted octanol–water partition coefficient (Wildman–Crippen LogP) is 3.75. The number of hydrogen-bond donors (Lipinski definition) is 0. The summed E-state index contributed by atoms with van der Waals surface area (Å²) < 4.78 is 5.46. The Morgan fingerprint density at radius 2 is 1.90 bits per heavy atom. The van der Waals surface area contributed by atoms with Gasteiger partial charge in [-0.2, -0.15) is 0 Å². The first-order valence-electron chi connectivity index (χ1n) is 7.19. The first-order chi connectivity index (χ1) is 9.58. The molecule has 0 saturated carbocycles. The molecule has 0 spiro atoms. The van der Waals surface area contributed by atoms with E-state index in [1.165, 1.54) is 29.2 Å². The second-order valence-corrected chi connectivity index (χ2v) is 5.43. The van der Waals surface area contributed by atoms with Crippen molar-refractivity contribution < 1.29 is 9.53 Å². The topological polar surface area (TPSA) is 26.3 Å². The molecule has 0 bridgehead atoms. The van der Waals surface area contributed by atoms with Crippen molar-refractivity contribution in [3.8, 4) is 0 Å². The highest BCUT2D eigenvalue weighted by atomic mass is 16.5. The van der Waals surface area contributed by atoms with Crippen LogP contribution in [0.1, 0.15) is 42.0 Å². The molecule has 2 rings (SSSR count). The average molecular weight is 270 g/mol. The van der Waals surface area contributed by atoms with Crippen molar-refractivity contribution in [1.29, 1.82) is 0 Å². The van der Waals surface area contributed by atoms with Crippen molar-refractivity contribution in [2.75, 3.05) is 0 Å². The lowest BCUT2D eigenvalue weighted by atomic mass is 9.89. The normalized spacial score (nSPS) is 20.9. The van der Waals surface area contributed by atoms with Gasteiger partial charge in [-0.3, -0.25) is 4.79 Å². The molecule has 0 fully saturated rings. The van der Waals surface area contributed by atoms with Crippen LogP contribution in [0.2, 0.25) is 0 Å². The minimum absolute atomic E-state index is 0.0684. The van der Waals surface area contributed by atoms with Crippen LogP contribution in [0.5, 0.6) is 0 Å². The number of ether oxygens (including phenoxy) is 1. The molecule has 1 aliphatic rings. The van der Waals surface area contributed by atoms with Crippen molar-refractivity contribution in [1.82, 2.24) is 0 Å². The van der Waals surface area contributed by atoms with E-state index in [1.807, 2.05) is 0 Å². The van der Waals surface area contributed by atoms with E-state index in [2.05, 4.69) is 44.6 Å². The van der Waals surface area contributed by atoms with E-state index in [0.717, 1.165) is 25.7 Å². The molecule has 0 amide bonds. The minimum atomic E-state index is -0.203. The molecule has 1 aromatic rings. The lowest BCUT2D eigenvalue weighted by molar-refractivity contribution is -0.146. The second kappa shape index (κ2) is 6.74. The number of rotatable bonds is 1. The SMILES string of the molecule is CC(=O)OC1C/C=C\C[C]Cc2c(C)ccc(C)c2C1. The Morgan fingerprint density at radius 1 is 1.20 bits per heavy atom. The third kappa shape index (κ3) is 3.72. The summed E-state index contributed by atoms with van der Waals surface area (Å²) in [5.74, 6) is -0.203. The Morgan fingerprint density at radius 3 is 2.60 bits per heavy atom. The molecule has 20 heavy (non-hydrogen) atoms. The molecular weight excluding hydrogens is 248 g/mol. The predicted molar refractivity (Wildman–Crippen MR) is 80.5 cm³/mol. The summed E-state index contributed by atoms with van der Waals surface area (Å²) in [6, 6.07) is 4.32. The van der Waals surface area contributed by atoms with Crippen LogP contribution in [0.25, 0.3) is 0 Å². The van der Waals surface area contributed by atoms with Gasteiger partial charge in [-0.15, -0.1) is 0 Å². The lowest BCUT2D eigenvalue weighted by Crippen LogP contribution is -2.20. The summed E-state index contributed by atoms with van der Waals surface area (Å²) in [5, 5.41) is 0. The zero-order valence-corrected chi connectivity index (χ0v) is 12.5. The molecule has 0 heterocycles. The van der Waals surface area contributed by atoms with E-state index in [-0.39, 0.29) is 12.1 Å². The molecule has 0 aliphatic heterocycles. The zero-order chi connectivity index (χ0) is 14.5. The molecule has 2 radical (unpaired) electrons. The quantitative estimate of drug-likeness (QED) is 0.574. The molecule has 0 aromatic heterocycles. The lowest BCUT2D eigenvalue weighted by Gasteiger charge is -2.21. The van der Waals surface area contributed by atoms with Gasteiger partial charge in [-0.1, -0.05) is 24.3 Å². The average Bonchev–Trinajstić information content (AvgIpc) is 2.40. The molecule has 1 atom stereocenters. The highest BCUT2D eigenvalue weighted by Gasteiger charge is 2.17. The molecule has 1 aliphatic carbocycles. The Balaban J connectivity index is 2.34. The van der Waals surface area contributed by atoms with E-state index >= 15 is 0 Å². The minimum Gasteiger partial charge on any atom is -0.462 e. The maximum Gasteiger partial charge on any atom is 0.302 e. The Labute approximate surface area is 121 Å². The molecular formula is C18H22O2. The van der Waals surface area contributed by atoms with Crippen LogP contribution in [0.15, 0.2) is 24.3 Å². The highest BCUT2D eigenvalue weighted by molar-refractivity contribution is 5.66. The summed E-state index contributed by atoms with van der Waals surface area (Å²) in [6.45, 7) is 5.75. The summed E-state index contributed by atoms with van der Waals surface area (Å²) in [4.78, 5) is 11.3. The molecule has 0 N–H and O–H groups in total. The molecule has 1 unspecified atom stereocenters. The van der Waals surface area contributed by atoms with E-state index < -0.39 is 0 Å². The fraction of sp³-hybridized carbons (Fsp3) is 0.444. The number of carbonyl (C=O) groups is 1. The Hall–Kier alpha value is -1.57. The van der Waals surface area contributed by atoms with E-state index in [9.17, 15) is 4.79 Å². The van der Waals surface area contributed by atoms with Gasteiger partial charge in [-0.25, -0.2) is 0 Å². The van der Waals surface area contributed by atoms with Crippen LogP contribution in [-0.4, -0.2) is 12.1 Å². The van der Waals surface area contributed by atoms with E-state index in [4.69, 9.17) is 4.74 Å². The van der Waals surface area contributed by atoms with Crippen molar-refractivity contribution in [2.45, 2.75) is 52.6 Å². The Kier molecular flexibility index (Phi) is 4.99. The van der Waals surface area contributed by atoms with Gasteiger partial charge in [0.05, 0.1) is 0 Å². The van der Waals surface area contributed by atoms with Crippen molar-refractivity contribution in [3.63, 3.8) is 0 Å². The Bertz CT molecular complexity index is 514. The fourth-order valence-electron chi connectivity index (χ4n) is 2.70. The maximum atomic E-state index is 11.3. The summed E-state index contributed by atoms with van der Waals surface area (Å²) >= 11 is 0. The first-order valence-corrected chi connectivity index (χ1v) is 7.19. The molecule has 106 valence electrons. The van der Waals surface area contributed by atoms with Crippen LogP contribution in [0.4, 0.5) is 0 Å². The van der Waals surface area contributed by atoms with Gasteiger partial charge in [0.1, 0.15) is 6.10 Å². The summed E-state index contributed by atoms with van der Waals surface area (Å²) in [7, 11) is 0. The van der Waals surface area contributed by atoms with E-state index in [1.54, 1.807) is 0 Å². The van der Waals surface area contributed by atoms with Crippen LogP contribution < -0.4 is 0 Å². The highest BCUT2D eigenvalue weighted by Crippen LogP contribution is 2.24. The van der Waals surface area contributed by atoms with Gasteiger partial charge in [0.15, 0.2) is 0 Å². The first kappa shape index (κ1) is 14.8. The number of fused-ring (bicyclic) bond motifs is 1. The van der Waals surface area contributed by atoms with Crippen molar-refractivity contribution >= 4 is 5.97 Å². The largest absolute Gasteiger partial charge is 0.462 e. The maximum absolute atomic E-state index is 11.3. The fourth-order valence-corrected chi connectivity index (χ4v) is 2.70. The van der Waals surface area contributed by atoms with Gasteiger partial charge < -0.3 is 4.74 Å². The smallest absolute Gasteiger partial charge is 0.302 e. The molecule has 2 nitrogen and oxygen atoms in total. The molecule has 2 heteroatoms. The number of allylic oxidation sites excluding steroid dienone is 1. The van der Waals surface area contributed by atoms with Gasteiger partial charge in [-0.05, 0) is 55.4 Å². The van der Waals surface area contributed by atoms with Gasteiger partial charge in [0.25, 0.3) is 0 Å². The number of benzene rings is 1. The van der Waals surface area contributed by atoms with Gasteiger partial charge in [0.2, 0.25) is 0 Å². The molecule has 1 aromatic carbocycles. The summed E-state index contributed by atoms with van der Waals surface area (Å²) in [5.41, 5.74) is 5.23. The number of hydrogen-bond acceptors (Lipinski definition) is 2. The molecule has 0 saturated heterocycles. The zero-order valence-electron chi connectivity index (χ0n) is 12.5. The van der Waals surface area contributed by atoms with Crippen LogP contribution >= 0.6 is 0 Å². The van der Waals surface area contributed by atoms with Gasteiger partial charge >= 0.3 is 5.97 Å². The standard InChI is InChI=1S/C18H22O2/c1-13-10-11-14(2)18-12-16(20-15(3)19)8-6-4-5-7-9-17(13)18/h4,6,10-11,16H,5,8-9,12H2,1-3H3/b6-4-. The number of aryl methyl sites for hydroxylation is 2. The monoisotopic (exact) mass is 270 g/mol.